The van der Waals surface area contributed by atoms with Crippen LogP contribution >= 0.6 is 40.7 Å². The number of unbranched alkanes of at least 4 members (excludes halogenated alkanes) is 1. The summed E-state index contributed by atoms with van der Waals surface area (Å²) in [6.07, 6.45) is 5.69. The van der Waals surface area contributed by atoms with Crippen LogP contribution in [-0.2, 0) is 0 Å². The first-order chi connectivity index (χ1) is 8.81. The smallest absolute Gasteiger partial charge is 0.106 e. The van der Waals surface area contributed by atoms with Crippen molar-refractivity contribution in [2.24, 2.45) is 0 Å². The normalized spacial score (nSPS) is 16.9. The molecule has 1 aromatic rings. The number of hydrogen-bond acceptors (Lipinski definition) is 3. The maximum atomic E-state index is 4.23. The van der Waals surface area contributed by atoms with E-state index >= 15 is 0 Å². The van der Waals surface area contributed by atoms with Crippen LogP contribution in [0.5, 0.6) is 0 Å². The zero-order valence-electron chi connectivity index (χ0n) is 11.8. The molecule has 3 nitrogen and oxygen atoms in total. The molecule has 1 atom stereocenters. The van der Waals surface area contributed by atoms with Gasteiger partial charge in [0.2, 0.25) is 0 Å². The Morgan fingerprint density at radius 3 is 2.65 bits per heavy atom. The first kappa shape index (κ1) is 20.1. The van der Waals surface area contributed by atoms with Gasteiger partial charge in [-0.3, -0.25) is 4.90 Å². The Balaban J connectivity index is 0.00000180. The molecule has 0 aromatic carbocycles. The van der Waals surface area contributed by atoms with Gasteiger partial charge in [0.25, 0.3) is 0 Å². The molecule has 1 aliphatic heterocycles. The fourth-order valence-electron chi connectivity index (χ4n) is 2.58. The lowest BCUT2D eigenvalue weighted by Crippen LogP contribution is -2.45. The van der Waals surface area contributed by atoms with Gasteiger partial charge in [0.05, 0.1) is 0 Å². The highest BCUT2D eigenvalue weighted by molar-refractivity contribution is 9.10. The molecule has 20 heavy (non-hydrogen) atoms. The number of piperazine rings is 1. The second-order valence-corrected chi connectivity index (χ2v) is 5.67. The second kappa shape index (κ2) is 10.8. The van der Waals surface area contributed by atoms with Crippen molar-refractivity contribution in [3.8, 4) is 0 Å². The Bertz CT molecular complexity index is 373. The predicted molar refractivity (Wildman–Crippen MR) is 93.1 cm³/mol. The number of nitrogens with zero attached hydrogens (tertiary/aromatic N) is 2. The van der Waals surface area contributed by atoms with Gasteiger partial charge in [0.1, 0.15) is 4.60 Å². The molecule has 1 N–H and O–H groups in total. The van der Waals surface area contributed by atoms with E-state index < -0.39 is 0 Å². The van der Waals surface area contributed by atoms with Gasteiger partial charge in [-0.25, -0.2) is 4.98 Å². The van der Waals surface area contributed by atoms with Crippen LogP contribution in [0.2, 0.25) is 0 Å². The van der Waals surface area contributed by atoms with Crippen LogP contribution in [-0.4, -0.2) is 36.1 Å². The topological polar surface area (TPSA) is 28.2 Å². The summed E-state index contributed by atoms with van der Waals surface area (Å²) in [6.45, 7) is 6.77. The summed E-state index contributed by atoms with van der Waals surface area (Å²) >= 11 is 3.48. The van der Waals surface area contributed by atoms with Crippen molar-refractivity contribution >= 4 is 40.7 Å². The van der Waals surface area contributed by atoms with E-state index in [0.717, 1.165) is 30.8 Å². The van der Waals surface area contributed by atoms with E-state index in [1.54, 1.807) is 0 Å². The lowest BCUT2D eigenvalue weighted by molar-refractivity contribution is 0.163. The minimum Gasteiger partial charge on any atom is -0.314 e. The molecule has 1 saturated heterocycles. The molecule has 0 saturated carbocycles. The highest BCUT2D eigenvalue weighted by Gasteiger charge is 2.21. The predicted octanol–water partition coefficient (Wildman–Crippen LogP) is 3.82. The third-order valence-electron chi connectivity index (χ3n) is 3.56. The summed E-state index contributed by atoms with van der Waals surface area (Å²) in [6, 6.07) is 4.88. The fourth-order valence-corrected chi connectivity index (χ4v) is 2.96. The Morgan fingerprint density at radius 1 is 1.35 bits per heavy atom. The molecule has 1 aliphatic rings. The van der Waals surface area contributed by atoms with Gasteiger partial charge in [0.15, 0.2) is 0 Å². The van der Waals surface area contributed by atoms with Crippen LogP contribution in [0, 0.1) is 0 Å². The molecule has 6 heteroatoms. The summed E-state index contributed by atoms with van der Waals surface area (Å²) in [7, 11) is 0. The van der Waals surface area contributed by atoms with Gasteiger partial charge in [-0.2, -0.15) is 0 Å². The SMILES string of the molecule is CCCC[C@H](c1ccnc(Br)c1)N1CCNCC1.Cl.Cl. The van der Waals surface area contributed by atoms with Crippen molar-refractivity contribution in [3.05, 3.63) is 28.5 Å². The summed E-state index contributed by atoms with van der Waals surface area (Å²) in [5.74, 6) is 0. The largest absolute Gasteiger partial charge is 0.314 e. The van der Waals surface area contributed by atoms with Gasteiger partial charge in [-0.05, 0) is 40.0 Å². The molecular formula is C14H24BrCl2N3. The number of pyridine rings is 1. The van der Waals surface area contributed by atoms with Crippen molar-refractivity contribution in [3.63, 3.8) is 0 Å². The zero-order chi connectivity index (χ0) is 12.8. The Hall–Kier alpha value is 0.130. The first-order valence-electron chi connectivity index (χ1n) is 6.87. The molecule has 1 fully saturated rings. The third-order valence-corrected chi connectivity index (χ3v) is 3.99. The second-order valence-electron chi connectivity index (χ2n) is 4.86. The van der Waals surface area contributed by atoms with Crippen LogP contribution in [0.15, 0.2) is 22.9 Å². The van der Waals surface area contributed by atoms with E-state index in [1.165, 1.54) is 24.8 Å². The average molecular weight is 385 g/mol. The van der Waals surface area contributed by atoms with Crippen molar-refractivity contribution in [1.82, 2.24) is 15.2 Å². The molecule has 116 valence electrons. The highest BCUT2D eigenvalue weighted by Crippen LogP contribution is 2.27. The Morgan fingerprint density at radius 2 is 2.05 bits per heavy atom. The van der Waals surface area contributed by atoms with E-state index in [2.05, 4.69) is 50.2 Å². The summed E-state index contributed by atoms with van der Waals surface area (Å²) < 4.78 is 0.941. The van der Waals surface area contributed by atoms with Crippen LogP contribution in [0.3, 0.4) is 0 Å². The number of halogens is 3. The summed E-state index contributed by atoms with van der Waals surface area (Å²) in [4.78, 5) is 6.84. The first-order valence-corrected chi connectivity index (χ1v) is 7.66. The highest BCUT2D eigenvalue weighted by atomic mass is 79.9. The van der Waals surface area contributed by atoms with Gasteiger partial charge in [-0.15, -0.1) is 24.8 Å². The molecule has 0 aliphatic carbocycles. The van der Waals surface area contributed by atoms with Crippen LogP contribution in [0.1, 0.15) is 37.8 Å². The maximum Gasteiger partial charge on any atom is 0.106 e. The number of rotatable bonds is 5. The Kier molecular flexibility index (Phi) is 10.9. The molecule has 1 aromatic heterocycles. The van der Waals surface area contributed by atoms with Crippen LogP contribution in [0.25, 0.3) is 0 Å². The van der Waals surface area contributed by atoms with Crippen LogP contribution in [0.4, 0.5) is 0 Å². The van der Waals surface area contributed by atoms with E-state index in [1.807, 2.05) is 6.20 Å². The van der Waals surface area contributed by atoms with Crippen LogP contribution < -0.4 is 5.32 Å². The van der Waals surface area contributed by atoms with Crippen molar-refractivity contribution in [2.45, 2.75) is 32.2 Å². The monoisotopic (exact) mass is 383 g/mol. The summed E-state index contributed by atoms with van der Waals surface area (Å²) in [5.41, 5.74) is 1.40. The Labute approximate surface area is 142 Å². The average Bonchev–Trinajstić information content (AvgIpc) is 2.40. The van der Waals surface area contributed by atoms with Crippen molar-refractivity contribution in [2.75, 3.05) is 26.2 Å². The molecular weight excluding hydrogens is 361 g/mol. The number of nitrogens with one attached hydrogen (secondary N) is 1. The zero-order valence-corrected chi connectivity index (χ0v) is 15.1. The fraction of sp³-hybridized carbons (Fsp3) is 0.643. The minimum atomic E-state index is 0. The van der Waals surface area contributed by atoms with E-state index in [4.69, 9.17) is 0 Å². The summed E-state index contributed by atoms with van der Waals surface area (Å²) in [5, 5.41) is 3.43. The van der Waals surface area contributed by atoms with E-state index in [0.29, 0.717) is 6.04 Å². The molecule has 0 radical (unpaired) electrons. The molecule has 2 heterocycles. The minimum absolute atomic E-state index is 0. The molecule has 2 rings (SSSR count). The van der Waals surface area contributed by atoms with E-state index in [-0.39, 0.29) is 24.8 Å². The van der Waals surface area contributed by atoms with Gasteiger partial charge >= 0.3 is 0 Å². The third kappa shape index (κ3) is 5.86. The van der Waals surface area contributed by atoms with E-state index in [9.17, 15) is 0 Å². The van der Waals surface area contributed by atoms with Gasteiger partial charge in [0, 0.05) is 38.4 Å². The standard InChI is InChI=1S/C14H22BrN3.2ClH/c1-2-3-4-13(18-9-7-16-8-10-18)12-5-6-17-14(15)11-12;;/h5-6,11,13,16H,2-4,7-10H2,1H3;2*1H/t13-;;/m1../s1. The molecule has 0 amide bonds. The lowest BCUT2D eigenvalue weighted by Gasteiger charge is -2.35. The van der Waals surface area contributed by atoms with Gasteiger partial charge < -0.3 is 5.32 Å². The molecule has 0 spiro atoms. The molecule has 0 bridgehead atoms. The quantitative estimate of drug-likeness (QED) is 0.782. The number of aromatic nitrogens is 1. The lowest BCUT2D eigenvalue weighted by atomic mass is 10.00. The maximum absolute atomic E-state index is 4.23. The van der Waals surface area contributed by atoms with Crippen molar-refractivity contribution in [1.29, 1.82) is 0 Å². The molecule has 0 unspecified atom stereocenters. The number of hydrogen-bond donors (Lipinski definition) is 1. The van der Waals surface area contributed by atoms with Gasteiger partial charge in [-0.1, -0.05) is 19.8 Å². The van der Waals surface area contributed by atoms with Crippen molar-refractivity contribution < 1.29 is 0 Å².